The summed E-state index contributed by atoms with van der Waals surface area (Å²) in [7, 11) is -1.65. The first-order valence-corrected chi connectivity index (χ1v) is 14.2. The summed E-state index contributed by atoms with van der Waals surface area (Å²) in [5, 5.41) is 10.6. The van der Waals surface area contributed by atoms with Crippen LogP contribution in [0.2, 0.25) is 0 Å². The predicted octanol–water partition coefficient (Wildman–Crippen LogP) is -1.75. The summed E-state index contributed by atoms with van der Waals surface area (Å²) in [6.07, 6.45) is -4.69. The van der Waals surface area contributed by atoms with Gasteiger partial charge in [0.1, 0.15) is 50.5 Å². The molecule has 0 bridgehead atoms. The van der Waals surface area contributed by atoms with Crippen LogP contribution in [0.4, 0.5) is 4.39 Å². The van der Waals surface area contributed by atoms with Gasteiger partial charge in [0.15, 0.2) is 6.04 Å². The second kappa shape index (κ2) is 13.0. The Balaban J connectivity index is 1.44. The highest BCUT2D eigenvalue weighted by molar-refractivity contribution is 7.68. The molecule has 0 saturated carbocycles. The number of nitrogens with one attached hydrogen (secondary N) is 2. The van der Waals surface area contributed by atoms with Gasteiger partial charge in [0.25, 0.3) is 11.1 Å². The lowest BCUT2D eigenvalue weighted by Crippen LogP contribution is -2.43. The Morgan fingerprint density at radius 1 is 1.14 bits per heavy atom. The number of aryl methyl sites for hydroxylation is 2. The van der Waals surface area contributed by atoms with E-state index in [1.807, 2.05) is 0 Å². The summed E-state index contributed by atoms with van der Waals surface area (Å²) < 4.78 is 28.2. The van der Waals surface area contributed by atoms with E-state index in [1.165, 1.54) is 40.3 Å². The maximum atomic E-state index is 14.8. The smallest absolute Gasteiger partial charge is 0.340 e. The molecule has 4 heterocycles. The van der Waals surface area contributed by atoms with E-state index in [2.05, 4.69) is 9.97 Å². The molecule has 4 rings (SSSR count). The molecule has 2 fully saturated rings. The number of aromatic nitrogens is 4. The van der Waals surface area contributed by atoms with Crippen LogP contribution in [-0.2, 0) is 23.9 Å². The summed E-state index contributed by atoms with van der Waals surface area (Å²) in [4.78, 5) is 88.9. The van der Waals surface area contributed by atoms with E-state index in [1.54, 1.807) is 0 Å². The van der Waals surface area contributed by atoms with Crippen molar-refractivity contribution in [1.29, 1.82) is 0 Å². The van der Waals surface area contributed by atoms with Crippen molar-refractivity contribution in [1.82, 2.24) is 24.3 Å². The highest BCUT2D eigenvalue weighted by atomic mass is 31.1. The molecule has 2 aliphatic heterocycles. The number of carbonyl (C=O) groups is 1. The lowest BCUT2D eigenvalue weighted by Gasteiger charge is -2.27. The number of aliphatic hydroxyl groups is 1. The van der Waals surface area contributed by atoms with E-state index in [0.29, 0.717) is 0 Å². The Labute approximate surface area is 237 Å². The largest absolute Gasteiger partial charge is 0.624 e. The lowest BCUT2D eigenvalue weighted by atomic mass is 10.2. The molecule has 230 valence electrons. The van der Waals surface area contributed by atoms with E-state index in [9.17, 15) is 38.4 Å². The zero-order valence-corrected chi connectivity index (χ0v) is 24.0. The molecule has 18 heteroatoms. The summed E-state index contributed by atoms with van der Waals surface area (Å²) in [5.74, 6) is 0.909. The third-order valence-electron chi connectivity index (χ3n) is 6.96. The Kier molecular flexibility index (Phi) is 9.84. The van der Waals surface area contributed by atoms with Crippen LogP contribution in [0.25, 0.3) is 0 Å². The van der Waals surface area contributed by atoms with E-state index in [4.69, 9.17) is 19.1 Å². The number of carbonyl (C=O) groups excluding carboxylic acids is 1. The van der Waals surface area contributed by atoms with E-state index in [0.717, 1.165) is 20.2 Å². The Morgan fingerprint density at radius 2 is 1.69 bits per heavy atom. The van der Waals surface area contributed by atoms with Crippen molar-refractivity contribution >= 4 is 19.1 Å². The Bertz CT molecular complexity index is 1590. The second-order valence-electron chi connectivity index (χ2n) is 9.91. The molecule has 16 nitrogen and oxygen atoms in total. The van der Waals surface area contributed by atoms with Crippen molar-refractivity contribution in [2.24, 2.45) is 0 Å². The molecule has 2 aromatic heterocycles. The maximum absolute atomic E-state index is 14.8. The predicted molar refractivity (Wildman–Crippen MR) is 142 cm³/mol. The minimum absolute atomic E-state index is 0.0140. The van der Waals surface area contributed by atoms with Gasteiger partial charge in [0.2, 0.25) is 0 Å². The first-order chi connectivity index (χ1) is 19.8. The van der Waals surface area contributed by atoms with Crippen LogP contribution in [0.1, 0.15) is 43.3 Å². The van der Waals surface area contributed by atoms with Crippen molar-refractivity contribution in [3.8, 4) is 0 Å². The van der Waals surface area contributed by atoms with Gasteiger partial charge in [-0.15, -0.1) is 0 Å². The van der Waals surface area contributed by atoms with Crippen LogP contribution in [0.5, 0.6) is 0 Å². The quantitative estimate of drug-likeness (QED) is 0.201. The number of alkyl halides is 1. The summed E-state index contributed by atoms with van der Waals surface area (Å²) in [6, 6.07) is -1.29. The SMILES string of the molecule is CON(O[C@H]1C[C@H](n2cc(C)c(=O)[nH]c2=O)O[C@@H]1CO)[C@@H](C)C(=O)[P+]([O-])=C[C@@H]1O[C@@H](n2cc(C)c(=O)[nH]c2=O)C[C@@H]1F. The van der Waals surface area contributed by atoms with Gasteiger partial charge >= 0.3 is 16.9 Å². The molecule has 42 heavy (non-hydrogen) atoms. The summed E-state index contributed by atoms with van der Waals surface area (Å²) in [6.45, 7) is 3.78. The van der Waals surface area contributed by atoms with Gasteiger partial charge in [-0.3, -0.25) is 38.4 Å². The fraction of sp³-hybridized carbons (Fsp3) is 0.583. The number of ether oxygens (including phenoxy) is 2. The van der Waals surface area contributed by atoms with Crippen molar-refractivity contribution in [2.45, 2.75) is 76.6 Å². The van der Waals surface area contributed by atoms with Crippen LogP contribution < -0.4 is 27.4 Å². The Hall–Kier alpha value is -3.15. The van der Waals surface area contributed by atoms with Crippen LogP contribution >= 0.6 is 7.77 Å². The summed E-state index contributed by atoms with van der Waals surface area (Å²) >= 11 is 0. The fourth-order valence-corrected chi connectivity index (χ4v) is 5.74. The zero-order valence-electron chi connectivity index (χ0n) is 23.1. The van der Waals surface area contributed by atoms with Gasteiger partial charge in [0, 0.05) is 36.4 Å². The minimum Gasteiger partial charge on any atom is -0.624 e. The number of hydroxylamine groups is 2. The van der Waals surface area contributed by atoms with Crippen molar-refractivity contribution in [3.63, 3.8) is 0 Å². The molecule has 3 N–H and O–H groups in total. The standard InChI is InChI=1S/C24H31FN5O11P/c1-11-7-28(23(35)26-20(11)32)18-5-14(25)17(40-18)10-42(37)22(34)13(3)30(38-4)41-15-6-19(39-16(15)9-31)29-8-12(2)21(33)27-24(29)36/h7-8,10,13-19,31H,5-6,9H2,1-4H3,(H,26,32,35)(H,27,33,36)/t13-,14-,15-,16+,17-,18+,19+/m0/s1. The monoisotopic (exact) mass is 615 g/mol. The van der Waals surface area contributed by atoms with Crippen LogP contribution in [-0.4, -0.2) is 85.0 Å². The molecular weight excluding hydrogens is 584 g/mol. The molecule has 8 atom stereocenters. The Morgan fingerprint density at radius 3 is 2.21 bits per heavy atom. The first-order valence-electron chi connectivity index (χ1n) is 12.9. The highest BCUT2D eigenvalue weighted by Gasteiger charge is 2.42. The minimum atomic E-state index is -2.84. The number of rotatable bonds is 10. The number of aliphatic hydroxyl groups excluding tert-OH is 1. The van der Waals surface area contributed by atoms with Gasteiger partial charge in [-0.25, -0.2) is 18.8 Å². The van der Waals surface area contributed by atoms with E-state index in [-0.39, 0.29) is 24.0 Å². The van der Waals surface area contributed by atoms with Crippen molar-refractivity contribution in [2.75, 3.05) is 13.7 Å². The molecule has 0 amide bonds. The highest BCUT2D eigenvalue weighted by Crippen LogP contribution is 2.33. The molecule has 0 radical (unpaired) electrons. The molecule has 2 saturated heterocycles. The number of nitrogens with zero attached hydrogens (tertiary/aromatic N) is 3. The number of hydrogen-bond acceptors (Lipinski definition) is 12. The number of aromatic amines is 2. The molecule has 0 aliphatic carbocycles. The van der Waals surface area contributed by atoms with Gasteiger partial charge in [-0.1, -0.05) is 5.23 Å². The van der Waals surface area contributed by atoms with E-state index >= 15 is 0 Å². The lowest BCUT2D eigenvalue weighted by molar-refractivity contribution is -0.388. The topological polar surface area (TPSA) is 210 Å². The van der Waals surface area contributed by atoms with Crippen molar-refractivity contribution < 1.29 is 38.3 Å². The van der Waals surface area contributed by atoms with Crippen molar-refractivity contribution in [3.05, 3.63) is 65.2 Å². The number of halogens is 1. The second-order valence-corrected chi connectivity index (χ2v) is 11.3. The molecule has 2 aromatic rings. The normalized spacial score (nSPS) is 27.1. The third kappa shape index (κ3) is 6.58. The molecule has 0 aromatic carbocycles. The van der Waals surface area contributed by atoms with Crippen LogP contribution in [0, 0.1) is 13.8 Å². The first kappa shape index (κ1) is 31.8. The molecule has 2 aliphatic rings. The molecular formula is C24H31FN5O11P. The van der Waals surface area contributed by atoms with E-state index < -0.39 is 85.4 Å². The van der Waals surface area contributed by atoms with Gasteiger partial charge in [-0.2, -0.15) is 0 Å². The fourth-order valence-electron chi connectivity index (χ4n) is 4.61. The third-order valence-corrected chi connectivity index (χ3v) is 8.34. The summed E-state index contributed by atoms with van der Waals surface area (Å²) in [5.41, 5.74) is -3.10. The average molecular weight is 616 g/mol. The molecule has 1 unspecified atom stereocenters. The van der Waals surface area contributed by atoms with Gasteiger partial charge < -0.3 is 19.5 Å². The van der Waals surface area contributed by atoms with Gasteiger partial charge in [0.05, 0.1) is 13.7 Å². The maximum Gasteiger partial charge on any atom is 0.340 e. The average Bonchev–Trinajstić information content (AvgIpc) is 3.52. The zero-order chi connectivity index (χ0) is 30.9. The number of H-pyrrole nitrogens is 2. The van der Waals surface area contributed by atoms with Crippen LogP contribution in [0.15, 0.2) is 31.6 Å². The number of hydrogen-bond donors (Lipinski definition) is 3. The van der Waals surface area contributed by atoms with Crippen LogP contribution in [0.3, 0.4) is 0 Å². The molecule has 0 spiro atoms. The van der Waals surface area contributed by atoms with Gasteiger partial charge in [-0.05, 0) is 20.8 Å².